The van der Waals surface area contributed by atoms with Crippen LogP contribution in [0.2, 0.25) is 0 Å². The van der Waals surface area contributed by atoms with Crippen molar-refractivity contribution >= 4 is 0 Å². The van der Waals surface area contributed by atoms with E-state index in [1.807, 2.05) is 0 Å². The van der Waals surface area contributed by atoms with E-state index in [-0.39, 0.29) is 0 Å². The monoisotopic (exact) mass is 291 g/mol. The molecule has 2 heteroatoms. The zero-order valence-corrected chi connectivity index (χ0v) is 15.1. The molecule has 0 aliphatic heterocycles. The van der Waals surface area contributed by atoms with Crippen molar-refractivity contribution in [2.45, 2.75) is 60.9 Å². The third-order valence-electron chi connectivity index (χ3n) is 4.61. The van der Waals surface area contributed by atoms with E-state index in [1.54, 1.807) is 7.11 Å². The zero-order valence-electron chi connectivity index (χ0n) is 15.1. The Morgan fingerprint density at radius 1 is 1.14 bits per heavy atom. The molecular formula is C19H33NO. The number of nitrogens with one attached hydrogen (secondary N) is 1. The molecule has 0 saturated carbocycles. The molecule has 2 nitrogen and oxygen atoms in total. The highest BCUT2D eigenvalue weighted by Gasteiger charge is 2.24. The second kappa shape index (κ2) is 7.31. The second-order valence-electron chi connectivity index (χ2n) is 7.30. The van der Waals surface area contributed by atoms with E-state index in [0.29, 0.717) is 17.4 Å². The predicted octanol–water partition coefficient (Wildman–Crippen LogP) is 5.03. The summed E-state index contributed by atoms with van der Waals surface area (Å²) in [7, 11) is 1.75. The van der Waals surface area contributed by atoms with Crippen molar-refractivity contribution in [3.05, 3.63) is 28.8 Å². The molecule has 2 atom stereocenters. The molecule has 0 saturated heterocycles. The van der Waals surface area contributed by atoms with Crippen LogP contribution in [0, 0.1) is 25.2 Å². The van der Waals surface area contributed by atoms with Crippen molar-refractivity contribution < 1.29 is 4.74 Å². The minimum atomic E-state index is 0.338. The molecule has 0 aliphatic rings. The lowest BCUT2D eigenvalue weighted by molar-refractivity contribution is 0.224. The Hall–Kier alpha value is -1.02. The van der Waals surface area contributed by atoms with E-state index in [9.17, 15) is 0 Å². The molecule has 0 heterocycles. The molecule has 120 valence electrons. The highest BCUT2D eigenvalue weighted by atomic mass is 16.5. The molecule has 0 fully saturated rings. The number of hydrogen-bond acceptors (Lipinski definition) is 2. The largest absolute Gasteiger partial charge is 0.496 e. The minimum Gasteiger partial charge on any atom is -0.496 e. The average Bonchev–Trinajstić information content (AvgIpc) is 2.36. The van der Waals surface area contributed by atoms with E-state index in [0.717, 1.165) is 18.7 Å². The van der Waals surface area contributed by atoms with Gasteiger partial charge in [-0.1, -0.05) is 46.8 Å². The number of methoxy groups -OCH3 is 1. The van der Waals surface area contributed by atoms with Gasteiger partial charge in [0.25, 0.3) is 0 Å². The molecule has 1 rings (SSSR count). The van der Waals surface area contributed by atoms with Gasteiger partial charge in [0, 0.05) is 6.04 Å². The maximum atomic E-state index is 5.49. The van der Waals surface area contributed by atoms with Crippen LogP contribution in [-0.2, 0) is 0 Å². The first-order valence-electron chi connectivity index (χ1n) is 8.09. The molecule has 0 amide bonds. The van der Waals surface area contributed by atoms with Gasteiger partial charge < -0.3 is 10.1 Å². The summed E-state index contributed by atoms with van der Waals surface area (Å²) in [6.07, 6.45) is 1.16. The summed E-state index contributed by atoms with van der Waals surface area (Å²) in [6.45, 7) is 16.8. The molecule has 21 heavy (non-hydrogen) atoms. The van der Waals surface area contributed by atoms with E-state index >= 15 is 0 Å². The van der Waals surface area contributed by atoms with Gasteiger partial charge in [0.2, 0.25) is 0 Å². The molecule has 1 aromatic carbocycles. The van der Waals surface area contributed by atoms with Gasteiger partial charge in [-0.25, -0.2) is 0 Å². The summed E-state index contributed by atoms with van der Waals surface area (Å²) in [4.78, 5) is 0. The van der Waals surface area contributed by atoms with Crippen molar-refractivity contribution in [1.29, 1.82) is 0 Å². The van der Waals surface area contributed by atoms with Crippen LogP contribution in [0.5, 0.6) is 5.75 Å². The van der Waals surface area contributed by atoms with E-state index < -0.39 is 0 Å². The Morgan fingerprint density at radius 3 is 2.05 bits per heavy atom. The fourth-order valence-corrected chi connectivity index (χ4v) is 2.80. The van der Waals surface area contributed by atoms with Crippen molar-refractivity contribution in [1.82, 2.24) is 5.32 Å². The molecule has 0 spiro atoms. The first-order chi connectivity index (χ1) is 9.70. The Bertz CT molecular complexity index is 436. The van der Waals surface area contributed by atoms with Gasteiger partial charge in [0.1, 0.15) is 5.75 Å². The van der Waals surface area contributed by atoms with Gasteiger partial charge in [-0.05, 0) is 54.8 Å². The quantitative estimate of drug-likeness (QED) is 0.793. The Kier molecular flexibility index (Phi) is 6.27. The van der Waals surface area contributed by atoms with Gasteiger partial charge in [-0.15, -0.1) is 0 Å². The van der Waals surface area contributed by atoms with Gasteiger partial charge in [0.05, 0.1) is 7.11 Å². The molecular weight excluding hydrogens is 258 g/mol. The Labute approximate surface area is 131 Å². The van der Waals surface area contributed by atoms with Gasteiger partial charge >= 0.3 is 0 Å². The summed E-state index contributed by atoms with van der Waals surface area (Å²) >= 11 is 0. The van der Waals surface area contributed by atoms with E-state index in [2.05, 4.69) is 65.9 Å². The molecule has 1 N–H and O–H groups in total. The number of benzene rings is 1. The van der Waals surface area contributed by atoms with Gasteiger partial charge in [-0.3, -0.25) is 0 Å². The normalized spacial score (nSPS) is 14.9. The summed E-state index contributed by atoms with van der Waals surface area (Å²) in [5.41, 5.74) is 4.16. The predicted molar refractivity (Wildman–Crippen MR) is 92.1 cm³/mol. The summed E-state index contributed by atoms with van der Waals surface area (Å²) in [5, 5.41) is 3.65. The molecule has 1 aromatic rings. The molecule has 0 radical (unpaired) electrons. The maximum Gasteiger partial charge on any atom is 0.124 e. The van der Waals surface area contributed by atoms with Crippen LogP contribution in [-0.4, -0.2) is 13.7 Å². The second-order valence-corrected chi connectivity index (χ2v) is 7.30. The molecule has 0 bridgehead atoms. The van der Waals surface area contributed by atoms with Crippen molar-refractivity contribution in [2.24, 2.45) is 11.3 Å². The van der Waals surface area contributed by atoms with Gasteiger partial charge in [0.15, 0.2) is 0 Å². The van der Waals surface area contributed by atoms with E-state index in [1.165, 1.54) is 16.7 Å². The lowest BCUT2D eigenvalue weighted by Crippen LogP contribution is -2.27. The number of hydrogen-bond donors (Lipinski definition) is 1. The first kappa shape index (κ1) is 18.0. The lowest BCUT2D eigenvalue weighted by Gasteiger charge is -2.31. The van der Waals surface area contributed by atoms with Crippen LogP contribution in [0.3, 0.4) is 0 Å². The van der Waals surface area contributed by atoms with Crippen molar-refractivity contribution in [3.8, 4) is 5.75 Å². The number of aryl methyl sites for hydroxylation is 2. The fraction of sp³-hybridized carbons (Fsp3) is 0.684. The highest BCUT2D eigenvalue weighted by molar-refractivity contribution is 5.44. The third-order valence-corrected chi connectivity index (χ3v) is 4.61. The van der Waals surface area contributed by atoms with E-state index in [4.69, 9.17) is 4.74 Å². The zero-order chi connectivity index (χ0) is 16.2. The minimum absolute atomic E-state index is 0.338. The first-order valence-corrected chi connectivity index (χ1v) is 8.09. The smallest absolute Gasteiger partial charge is 0.124 e. The van der Waals surface area contributed by atoms with Crippen molar-refractivity contribution in [3.63, 3.8) is 0 Å². The SMILES string of the molecule is CCNC(CC(C)C(C)(C)C)c1cc(C)c(OC)c(C)c1. The molecule has 2 unspecified atom stereocenters. The summed E-state index contributed by atoms with van der Waals surface area (Å²) in [6, 6.07) is 4.95. The highest BCUT2D eigenvalue weighted by Crippen LogP contribution is 2.35. The van der Waals surface area contributed by atoms with Crippen LogP contribution in [0.1, 0.15) is 63.8 Å². The Morgan fingerprint density at radius 2 is 1.67 bits per heavy atom. The average molecular weight is 291 g/mol. The molecule has 0 aliphatic carbocycles. The molecule has 0 aromatic heterocycles. The number of ether oxygens (including phenoxy) is 1. The Balaban J connectivity index is 3.06. The van der Waals surface area contributed by atoms with Gasteiger partial charge in [-0.2, -0.15) is 0 Å². The van der Waals surface area contributed by atoms with Crippen LogP contribution >= 0.6 is 0 Å². The standard InChI is InChI=1S/C19H33NO/c1-9-20-17(12-15(4)19(5,6)7)16-10-13(2)18(21-8)14(3)11-16/h10-11,15,17,20H,9,12H2,1-8H3. The van der Waals surface area contributed by atoms with Crippen LogP contribution in [0.15, 0.2) is 12.1 Å². The fourth-order valence-electron chi connectivity index (χ4n) is 2.80. The summed E-state index contributed by atoms with van der Waals surface area (Å²) < 4.78 is 5.49. The topological polar surface area (TPSA) is 21.3 Å². The lowest BCUT2D eigenvalue weighted by atomic mass is 9.77. The maximum absolute atomic E-state index is 5.49. The van der Waals surface area contributed by atoms with Crippen molar-refractivity contribution in [2.75, 3.05) is 13.7 Å². The number of rotatable bonds is 6. The van der Waals surface area contributed by atoms with Crippen LogP contribution in [0.25, 0.3) is 0 Å². The third kappa shape index (κ3) is 4.74. The van der Waals surface area contributed by atoms with Crippen LogP contribution < -0.4 is 10.1 Å². The summed E-state index contributed by atoms with van der Waals surface area (Å²) in [5.74, 6) is 1.67. The van der Waals surface area contributed by atoms with Crippen LogP contribution in [0.4, 0.5) is 0 Å².